The molecule has 2 aromatic carbocycles. The van der Waals surface area contributed by atoms with Crippen molar-refractivity contribution in [3.05, 3.63) is 58.6 Å². The summed E-state index contributed by atoms with van der Waals surface area (Å²) in [6.45, 7) is 0. The fraction of sp³-hybridized carbons (Fsp3) is 0. The van der Waals surface area contributed by atoms with Crippen molar-refractivity contribution in [3.8, 4) is 22.4 Å². The first-order valence-electron chi connectivity index (χ1n) is 6.11. The minimum atomic E-state index is -0.352. The summed E-state index contributed by atoms with van der Waals surface area (Å²) in [4.78, 5) is 0. The molecule has 106 valence electrons. The van der Waals surface area contributed by atoms with Crippen molar-refractivity contribution < 1.29 is 8.78 Å². The van der Waals surface area contributed by atoms with Crippen LogP contribution in [0, 0.1) is 11.6 Å². The fourth-order valence-corrected chi connectivity index (χ4v) is 2.50. The van der Waals surface area contributed by atoms with E-state index in [0.29, 0.717) is 21.5 Å². The van der Waals surface area contributed by atoms with Gasteiger partial charge in [0.05, 0.1) is 15.7 Å². The van der Waals surface area contributed by atoms with Gasteiger partial charge in [-0.1, -0.05) is 12.1 Å². The number of rotatable bonds is 2. The number of nitrogens with one attached hydrogen (secondary N) is 1. The second kappa shape index (κ2) is 5.29. The zero-order chi connectivity index (χ0) is 15.0. The Morgan fingerprint density at radius 3 is 2.33 bits per heavy atom. The first-order chi connectivity index (χ1) is 10.1. The van der Waals surface area contributed by atoms with Crippen molar-refractivity contribution in [3.63, 3.8) is 0 Å². The van der Waals surface area contributed by atoms with Crippen LogP contribution in [-0.2, 0) is 0 Å². The summed E-state index contributed by atoms with van der Waals surface area (Å²) in [5, 5.41) is 6.83. The van der Waals surface area contributed by atoms with Crippen LogP contribution in [0.25, 0.3) is 22.4 Å². The monoisotopic (exact) mass is 349 g/mol. The van der Waals surface area contributed by atoms with Gasteiger partial charge in [-0.3, -0.25) is 5.10 Å². The minimum Gasteiger partial charge on any atom is -0.382 e. The summed E-state index contributed by atoms with van der Waals surface area (Å²) in [6.07, 6.45) is 0. The lowest BCUT2D eigenvalue weighted by Gasteiger charge is -2.06. The van der Waals surface area contributed by atoms with Crippen molar-refractivity contribution in [2.24, 2.45) is 0 Å². The van der Waals surface area contributed by atoms with Gasteiger partial charge < -0.3 is 5.73 Å². The number of H-pyrrole nitrogens is 1. The highest BCUT2D eigenvalue weighted by Gasteiger charge is 2.15. The smallest absolute Gasteiger partial charge is 0.153 e. The van der Waals surface area contributed by atoms with Crippen LogP contribution in [-0.4, -0.2) is 10.2 Å². The van der Waals surface area contributed by atoms with Crippen LogP contribution in [0.3, 0.4) is 0 Å². The van der Waals surface area contributed by atoms with Crippen LogP contribution >= 0.6 is 15.9 Å². The van der Waals surface area contributed by atoms with Crippen molar-refractivity contribution in [1.82, 2.24) is 10.2 Å². The number of nitrogens with two attached hydrogens (primary N) is 1. The van der Waals surface area contributed by atoms with E-state index >= 15 is 0 Å². The largest absolute Gasteiger partial charge is 0.382 e. The summed E-state index contributed by atoms with van der Waals surface area (Å²) in [5.41, 5.74) is 8.67. The Balaban J connectivity index is 2.16. The predicted molar refractivity (Wildman–Crippen MR) is 81.5 cm³/mol. The predicted octanol–water partition coefficient (Wildman–Crippen LogP) is 4.37. The molecule has 0 spiro atoms. The fourth-order valence-electron chi connectivity index (χ4n) is 2.13. The summed E-state index contributed by atoms with van der Waals surface area (Å²) in [5.74, 6) is -0.376. The third kappa shape index (κ3) is 2.54. The van der Waals surface area contributed by atoms with E-state index < -0.39 is 0 Å². The van der Waals surface area contributed by atoms with Crippen molar-refractivity contribution in [2.45, 2.75) is 0 Å². The number of benzene rings is 2. The Hall–Kier alpha value is -2.21. The molecule has 3 N–H and O–H groups in total. The van der Waals surface area contributed by atoms with E-state index in [4.69, 9.17) is 5.73 Å². The van der Waals surface area contributed by atoms with E-state index in [-0.39, 0.29) is 11.6 Å². The third-order valence-electron chi connectivity index (χ3n) is 3.14. The maximum absolute atomic E-state index is 13.3. The lowest BCUT2D eigenvalue weighted by Crippen LogP contribution is -1.89. The summed E-state index contributed by atoms with van der Waals surface area (Å²) < 4.78 is 26.7. The van der Waals surface area contributed by atoms with Crippen LogP contribution in [0.5, 0.6) is 0 Å². The highest BCUT2D eigenvalue weighted by Crippen LogP contribution is 2.35. The van der Waals surface area contributed by atoms with Crippen LogP contribution in [0.1, 0.15) is 0 Å². The van der Waals surface area contributed by atoms with Crippen LogP contribution < -0.4 is 5.73 Å². The number of anilines is 1. The number of aromatic amines is 1. The van der Waals surface area contributed by atoms with Gasteiger partial charge in [-0.15, -0.1) is 0 Å². The van der Waals surface area contributed by atoms with E-state index in [0.717, 1.165) is 11.1 Å². The molecule has 0 amide bonds. The molecule has 1 aromatic heterocycles. The maximum Gasteiger partial charge on any atom is 0.153 e. The van der Waals surface area contributed by atoms with Crippen molar-refractivity contribution in [2.75, 3.05) is 5.73 Å². The van der Waals surface area contributed by atoms with Gasteiger partial charge in [0.25, 0.3) is 0 Å². The summed E-state index contributed by atoms with van der Waals surface area (Å²) >= 11 is 3.15. The molecular formula is C15H10BrF2N3. The summed E-state index contributed by atoms with van der Waals surface area (Å²) in [6, 6.07) is 10.6. The van der Waals surface area contributed by atoms with E-state index in [1.54, 1.807) is 24.3 Å². The van der Waals surface area contributed by atoms with E-state index in [1.807, 2.05) is 0 Å². The molecule has 3 aromatic rings. The van der Waals surface area contributed by atoms with Gasteiger partial charge in [0.15, 0.2) is 5.82 Å². The standard InChI is InChI=1S/C15H10BrF2N3/c16-11-7-9(3-6-12(11)18)14-13(15(19)21-20-14)8-1-4-10(17)5-2-8/h1-7H,(H3,19,20,21). The van der Waals surface area contributed by atoms with Crippen molar-refractivity contribution >= 4 is 21.7 Å². The summed E-state index contributed by atoms with van der Waals surface area (Å²) in [7, 11) is 0. The Labute approximate surface area is 127 Å². The molecule has 21 heavy (non-hydrogen) atoms. The second-order valence-electron chi connectivity index (χ2n) is 4.49. The SMILES string of the molecule is Nc1n[nH]c(-c2ccc(F)c(Br)c2)c1-c1ccc(F)cc1. The average molecular weight is 350 g/mol. The first kappa shape index (κ1) is 13.8. The van der Waals surface area contributed by atoms with Gasteiger partial charge in [-0.2, -0.15) is 5.10 Å². The number of nitrogens with zero attached hydrogens (tertiary/aromatic N) is 1. The molecule has 1 heterocycles. The van der Waals surface area contributed by atoms with E-state index in [9.17, 15) is 8.78 Å². The number of aromatic nitrogens is 2. The number of hydrogen-bond donors (Lipinski definition) is 2. The molecule has 0 aliphatic heterocycles. The molecule has 3 nitrogen and oxygen atoms in total. The van der Waals surface area contributed by atoms with Gasteiger partial charge >= 0.3 is 0 Å². The Morgan fingerprint density at radius 1 is 1.00 bits per heavy atom. The number of hydrogen-bond acceptors (Lipinski definition) is 2. The Morgan fingerprint density at radius 2 is 1.67 bits per heavy atom. The topological polar surface area (TPSA) is 54.7 Å². The van der Waals surface area contributed by atoms with Gasteiger partial charge in [0.1, 0.15) is 11.6 Å². The lowest BCUT2D eigenvalue weighted by molar-refractivity contribution is 0.621. The van der Waals surface area contributed by atoms with E-state index in [2.05, 4.69) is 26.1 Å². The average Bonchev–Trinajstić information content (AvgIpc) is 2.85. The normalized spacial score (nSPS) is 10.8. The molecule has 0 unspecified atom stereocenters. The Kier molecular flexibility index (Phi) is 3.47. The van der Waals surface area contributed by atoms with Crippen molar-refractivity contribution in [1.29, 1.82) is 0 Å². The molecule has 0 saturated carbocycles. The molecule has 0 saturated heterocycles. The molecule has 0 aliphatic rings. The van der Waals surface area contributed by atoms with Gasteiger partial charge in [-0.05, 0) is 51.8 Å². The van der Waals surface area contributed by atoms with Gasteiger partial charge in [0.2, 0.25) is 0 Å². The first-order valence-corrected chi connectivity index (χ1v) is 6.91. The zero-order valence-corrected chi connectivity index (χ0v) is 12.3. The van der Waals surface area contributed by atoms with Gasteiger partial charge in [-0.25, -0.2) is 8.78 Å². The van der Waals surface area contributed by atoms with Gasteiger partial charge in [0, 0.05) is 5.56 Å². The molecule has 0 aliphatic carbocycles. The van der Waals surface area contributed by atoms with E-state index in [1.165, 1.54) is 18.2 Å². The Bertz CT molecular complexity index is 797. The highest BCUT2D eigenvalue weighted by molar-refractivity contribution is 9.10. The number of halogens is 3. The minimum absolute atomic E-state index is 0.303. The molecule has 0 bridgehead atoms. The lowest BCUT2D eigenvalue weighted by atomic mass is 10.0. The van der Waals surface area contributed by atoms with Crippen LogP contribution in [0.2, 0.25) is 0 Å². The van der Waals surface area contributed by atoms with Crippen LogP contribution in [0.15, 0.2) is 46.9 Å². The molecule has 0 fully saturated rings. The quantitative estimate of drug-likeness (QED) is 0.721. The molecule has 0 atom stereocenters. The number of nitrogen functional groups attached to an aromatic ring is 1. The molecular weight excluding hydrogens is 340 g/mol. The second-order valence-corrected chi connectivity index (χ2v) is 5.35. The highest BCUT2D eigenvalue weighted by atomic mass is 79.9. The molecule has 6 heteroatoms. The molecule has 0 radical (unpaired) electrons. The zero-order valence-electron chi connectivity index (χ0n) is 10.7. The maximum atomic E-state index is 13.3. The third-order valence-corrected chi connectivity index (χ3v) is 3.74. The van der Waals surface area contributed by atoms with Crippen LogP contribution in [0.4, 0.5) is 14.6 Å². The molecule has 3 rings (SSSR count).